The van der Waals surface area contributed by atoms with Crippen LogP contribution in [-0.4, -0.2) is 17.0 Å². The maximum absolute atomic E-state index is 12.1. The standard InChI is InChI=1S/C14H16N2O2S/c1-9(2)18-12-7-5-4-6-11(12)16-14(17)13-10(3)19-8-15-13/h4-9H,1-3H3,(H,16,17). The minimum Gasteiger partial charge on any atom is -0.489 e. The second kappa shape index (κ2) is 5.84. The van der Waals surface area contributed by atoms with Crippen LogP contribution in [0.4, 0.5) is 5.69 Å². The van der Waals surface area contributed by atoms with Crippen molar-refractivity contribution in [3.63, 3.8) is 0 Å². The van der Waals surface area contributed by atoms with Gasteiger partial charge in [-0.05, 0) is 32.9 Å². The first-order chi connectivity index (χ1) is 9.08. The summed E-state index contributed by atoms with van der Waals surface area (Å²) in [4.78, 5) is 17.1. The Bertz CT molecular complexity index is 578. The zero-order valence-corrected chi connectivity index (χ0v) is 12.0. The van der Waals surface area contributed by atoms with Gasteiger partial charge in [0, 0.05) is 4.88 Å². The number of thiazole rings is 1. The van der Waals surface area contributed by atoms with Crippen molar-refractivity contribution in [3.8, 4) is 5.75 Å². The van der Waals surface area contributed by atoms with Crippen LogP contribution in [0.5, 0.6) is 5.75 Å². The first kappa shape index (κ1) is 13.5. The van der Waals surface area contributed by atoms with Gasteiger partial charge in [0.15, 0.2) is 0 Å². The van der Waals surface area contributed by atoms with E-state index in [1.807, 2.05) is 45.0 Å². The third kappa shape index (κ3) is 3.32. The fourth-order valence-electron chi connectivity index (χ4n) is 1.63. The predicted molar refractivity (Wildman–Crippen MR) is 77.0 cm³/mol. The molecule has 0 radical (unpaired) electrons. The molecule has 2 rings (SSSR count). The smallest absolute Gasteiger partial charge is 0.275 e. The number of nitrogens with zero attached hydrogens (tertiary/aromatic N) is 1. The highest BCUT2D eigenvalue weighted by atomic mass is 32.1. The number of hydrogen-bond acceptors (Lipinski definition) is 4. The summed E-state index contributed by atoms with van der Waals surface area (Å²) in [7, 11) is 0. The molecule has 2 aromatic rings. The van der Waals surface area contributed by atoms with E-state index in [-0.39, 0.29) is 12.0 Å². The topological polar surface area (TPSA) is 51.2 Å². The maximum Gasteiger partial charge on any atom is 0.275 e. The number of amides is 1. The van der Waals surface area contributed by atoms with Crippen molar-refractivity contribution in [3.05, 3.63) is 40.3 Å². The first-order valence-electron chi connectivity index (χ1n) is 6.05. The van der Waals surface area contributed by atoms with Gasteiger partial charge in [-0.1, -0.05) is 12.1 Å². The zero-order valence-electron chi connectivity index (χ0n) is 11.1. The Labute approximate surface area is 116 Å². The minimum atomic E-state index is -0.210. The van der Waals surface area contributed by atoms with Gasteiger partial charge in [0.1, 0.15) is 11.4 Å². The van der Waals surface area contributed by atoms with Crippen LogP contribution in [0.1, 0.15) is 29.2 Å². The van der Waals surface area contributed by atoms with Crippen molar-refractivity contribution in [1.29, 1.82) is 0 Å². The van der Waals surface area contributed by atoms with E-state index in [0.29, 0.717) is 17.1 Å². The number of aryl methyl sites for hydroxylation is 1. The zero-order chi connectivity index (χ0) is 13.8. The van der Waals surface area contributed by atoms with Gasteiger partial charge in [-0.15, -0.1) is 11.3 Å². The largest absolute Gasteiger partial charge is 0.489 e. The van der Waals surface area contributed by atoms with E-state index in [9.17, 15) is 4.79 Å². The number of hydrogen-bond donors (Lipinski definition) is 1. The van der Waals surface area contributed by atoms with E-state index >= 15 is 0 Å². The SMILES string of the molecule is Cc1scnc1C(=O)Nc1ccccc1OC(C)C. The molecule has 0 atom stereocenters. The van der Waals surface area contributed by atoms with E-state index in [1.54, 1.807) is 5.51 Å². The Hall–Kier alpha value is -1.88. The molecule has 1 aromatic carbocycles. The molecule has 1 aromatic heterocycles. The van der Waals surface area contributed by atoms with Crippen molar-refractivity contribution in [2.45, 2.75) is 26.9 Å². The van der Waals surface area contributed by atoms with Gasteiger partial charge in [-0.25, -0.2) is 4.98 Å². The lowest BCUT2D eigenvalue weighted by Gasteiger charge is -2.14. The van der Waals surface area contributed by atoms with Crippen molar-refractivity contribution in [2.24, 2.45) is 0 Å². The molecule has 0 aliphatic rings. The van der Waals surface area contributed by atoms with Gasteiger partial charge < -0.3 is 10.1 Å². The van der Waals surface area contributed by atoms with Crippen LogP contribution in [0.25, 0.3) is 0 Å². The summed E-state index contributed by atoms with van der Waals surface area (Å²) in [6.07, 6.45) is 0.0547. The van der Waals surface area contributed by atoms with Crippen molar-refractivity contribution < 1.29 is 9.53 Å². The fraction of sp³-hybridized carbons (Fsp3) is 0.286. The molecule has 0 saturated carbocycles. The highest BCUT2D eigenvalue weighted by Gasteiger charge is 2.14. The quantitative estimate of drug-likeness (QED) is 0.930. The van der Waals surface area contributed by atoms with Crippen LogP contribution in [0.3, 0.4) is 0 Å². The molecule has 0 fully saturated rings. The lowest BCUT2D eigenvalue weighted by Crippen LogP contribution is -2.15. The van der Waals surface area contributed by atoms with Gasteiger partial charge >= 0.3 is 0 Å². The summed E-state index contributed by atoms with van der Waals surface area (Å²) in [5, 5.41) is 2.84. The molecule has 1 N–H and O–H groups in total. The predicted octanol–water partition coefficient (Wildman–Crippen LogP) is 3.49. The molecule has 19 heavy (non-hydrogen) atoms. The number of carbonyl (C=O) groups is 1. The Morgan fingerprint density at radius 2 is 2.11 bits per heavy atom. The molecule has 0 spiro atoms. The summed E-state index contributed by atoms with van der Waals surface area (Å²) < 4.78 is 5.66. The summed E-state index contributed by atoms with van der Waals surface area (Å²) in [6, 6.07) is 7.39. The lowest BCUT2D eigenvalue weighted by molar-refractivity contribution is 0.102. The molecule has 1 amide bonds. The molecule has 1 heterocycles. The number of rotatable bonds is 4. The van der Waals surface area contributed by atoms with Crippen molar-refractivity contribution in [2.75, 3.05) is 5.32 Å². The van der Waals surface area contributed by atoms with E-state index in [0.717, 1.165) is 4.88 Å². The van der Waals surface area contributed by atoms with Crippen LogP contribution in [0.15, 0.2) is 29.8 Å². The second-order valence-corrected chi connectivity index (χ2v) is 5.43. The van der Waals surface area contributed by atoms with Gasteiger partial charge in [-0.2, -0.15) is 0 Å². The minimum absolute atomic E-state index is 0.0547. The highest BCUT2D eigenvalue weighted by Crippen LogP contribution is 2.25. The summed E-state index contributed by atoms with van der Waals surface area (Å²) in [5.41, 5.74) is 2.79. The summed E-state index contributed by atoms with van der Waals surface area (Å²) in [5.74, 6) is 0.456. The normalized spacial score (nSPS) is 10.5. The van der Waals surface area contributed by atoms with Crippen molar-refractivity contribution in [1.82, 2.24) is 4.98 Å². The van der Waals surface area contributed by atoms with Gasteiger partial charge in [-0.3, -0.25) is 4.79 Å². The van der Waals surface area contributed by atoms with Gasteiger partial charge in [0.25, 0.3) is 5.91 Å². The van der Waals surface area contributed by atoms with Crippen LogP contribution in [0.2, 0.25) is 0 Å². The number of para-hydroxylation sites is 2. The molecule has 100 valence electrons. The average Bonchev–Trinajstić information content (AvgIpc) is 2.77. The molecular formula is C14H16N2O2S. The monoisotopic (exact) mass is 276 g/mol. The van der Waals surface area contributed by atoms with E-state index in [1.165, 1.54) is 11.3 Å². The number of aromatic nitrogens is 1. The molecule has 5 heteroatoms. The lowest BCUT2D eigenvalue weighted by atomic mass is 10.2. The Morgan fingerprint density at radius 3 is 2.74 bits per heavy atom. The summed E-state index contributed by atoms with van der Waals surface area (Å²) in [6.45, 7) is 5.77. The highest BCUT2D eigenvalue weighted by molar-refractivity contribution is 7.09. The second-order valence-electron chi connectivity index (χ2n) is 4.37. The molecule has 0 aliphatic heterocycles. The molecule has 0 aliphatic carbocycles. The molecular weight excluding hydrogens is 260 g/mol. The van der Waals surface area contributed by atoms with E-state index in [4.69, 9.17) is 4.74 Å². The Morgan fingerprint density at radius 1 is 1.37 bits per heavy atom. The van der Waals surface area contributed by atoms with E-state index < -0.39 is 0 Å². The maximum atomic E-state index is 12.1. The van der Waals surface area contributed by atoms with Gasteiger partial charge in [0.05, 0.1) is 17.3 Å². The van der Waals surface area contributed by atoms with Crippen LogP contribution >= 0.6 is 11.3 Å². The Balaban J connectivity index is 2.19. The third-order valence-electron chi connectivity index (χ3n) is 2.46. The third-order valence-corrected chi connectivity index (χ3v) is 3.22. The summed E-state index contributed by atoms with van der Waals surface area (Å²) >= 11 is 1.45. The first-order valence-corrected chi connectivity index (χ1v) is 6.93. The number of carbonyl (C=O) groups excluding carboxylic acids is 1. The van der Waals surface area contributed by atoms with E-state index in [2.05, 4.69) is 10.3 Å². The number of benzene rings is 1. The van der Waals surface area contributed by atoms with Crippen molar-refractivity contribution >= 4 is 22.9 Å². The molecule has 0 unspecified atom stereocenters. The van der Waals surface area contributed by atoms with Crippen LogP contribution in [0, 0.1) is 6.92 Å². The average molecular weight is 276 g/mol. The Kier molecular flexibility index (Phi) is 4.16. The molecule has 4 nitrogen and oxygen atoms in total. The molecule has 0 bridgehead atoms. The number of anilines is 1. The van der Waals surface area contributed by atoms with Crippen LogP contribution < -0.4 is 10.1 Å². The molecule has 0 saturated heterocycles. The van der Waals surface area contributed by atoms with Crippen LogP contribution in [-0.2, 0) is 0 Å². The number of nitrogens with one attached hydrogen (secondary N) is 1. The van der Waals surface area contributed by atoms with Gasteiger partial charge in [0.2, 0.25) is 0 Å². The number of ether oxygens (including phenoxy) is 1. The fourth-order valence-corrected chi connectivity index (χ4v) is 2.20.